The van der Waals surface area contributed by atoms with E-state index < -0.39 is 0 Å². The zero-order chi connectivity index (χ0) is 25.0. The van der Waals surface area contributed by atoms with Crippen molar-refractivity contribution >= 4 is 28.7 Å². The molecule has 0 unspecified atom stereocenters. The molecule has 0 atom stereocenters. The highest BCUT2D eigenvalue weighted by Gasteiger charge is 2.35. The first-order valence-electron chi connectivity index (χ1n) is 12.9. The van der Waals surface area contributed by atoms with Gasteiger partial charge in [-0.2, -0.15) is 0 Å². The van der Waals surface area contributed by atoms with Gasteiger partial charge in [0.1, 0.15) is 12.2 Å². The highest BCUT2D eigenvalue weighted by molar-refractivity contribution is 6.07. The molecule has 0 N–H and O–H groups in total. The van der Waals surface area contributed by atoms with E-state index >= 15 is 4.39 Å². The summed E-state index contributed by atoms with van der Waals surface area (Å²) >= 11 is 0. The lowest BCUT2D eigenvalue weighted by molar-refractivity contribution is -0.418. The minimum Gasteiger partial charge on any atom is -0.287 e. The van der Waals surface area contributed by atoms with Gasteiger partial charge in [0.25, 0.3) is 11.2 Å². The van der Waals surface area contributed by atoms with Crippen LogP contribution in [0.1, 0.15) is 50.7 Å². The second-order valence-corrected chi connectivity index (χ2v) is 10.9. The van der Waals surface area contributed by atoms with E-state index in [4.69, 9.17) is 4.42 Å². The Labute approximate surface area is 212 Å². The molecule has 1 fully saturated rings. The molecule has 0 radical (unpaired) electrons. The summed E-state index contributed by atoms with van der Waals surface area (Å²) in [5, 5.41) is 1.33. The third kappa shape index (κ3) is 3.69. The first-order valence-corrected chi connectivity index (χ1v) is 12.9. The van der Waals surface area contributed by atoms with Crippen LogP contribution < -0.4 is 0 Å². The van der Waals surface area contributed by atoms with Crippen molar-refractivity contribution in [3.63, 3.8) is 0 Å². The molecule has 2 aliphatic rings. The molecule has 6 rings (SSSR count). The number of furan rings is 1. The number of fused-ring (bicyclic) bond motifs is 3. The molecule has 2 nitrogen and oxygen atoms in total. The van der Waals surface area contributed by atoms with Gasteiger partial charge >= 0.3 is 0 Å². The van der Waals surface area contributed by atoms with Crippen LogP contribution in [0.2, 0.25) is 0 Å². The average molecular weight is 478 g/mol. The molecular formula is C33H32FNO. The smallest absolute Gasteiger partial charge is 0.281 e. The van der Waals surface area contributed by atoms with Gasteiger partial charge in [-0.15, -0.1) is 6.07 Å². The van der Waals surface area contributed by atoms with Crippen molar-refractivity contribution in [3.05, 3.63) is 102 Å². The third-order valence-corrected chi connectivity index (χ3v) is 8.41. The Bertz CT molecular complexity index is 1550. The fraction of sp³-hybridized carbons (Fsp3) is 0.273. The van der Waals surface area contributed by atoms with E-state index in [1.54, 1.807) is 6.07 Å². The highest BCUT2D eigenvalue weighted by atomic mass is 19.1. The van der Waals surface area contributed by atoms with Gasteiger partial charge in [-0.3, -0.25) is 13.4 Å². The van der Waals surface area contributed by atoms with E-state index in [2.05, 4.69) is 51.9 Å². The van der Waals surface area contributed by atoms with Crippen molar-refractivity contribution in [1.82, 2.24) is 0 Å². The first kappa shape index (κ1) is 22.8. The first-order chi connectivity index (χ1) is 17.3. The van der Waals surface area contributed by atoms with Crippen molar-refractivity contribution in [2.45, 2.75) is 46.5 Å². The van der Waals surface area contributed by atoms with Gasteiger partial charge in [0.15, 0.2) is 0 Å². The van der Waals surface area contributed by atoms with E-state index in [9.17, 15) is 0 Å². The quantitative estimate of drug-likeness (QED) is 0.163. The molecule has 1 saturated carbocycles. The predicted molar refractivity (Wildman–Crippen MR) is 147 cm³/mol. The fourth-order valence-electron chi connectivity index (χ4n) is 6.12. The minimum atomic E-state index is -0.265. The molecule has 182 valence electrons. The standard InChI is InChI=1S/C33H32FNO/c1-21-16-30-27(32-28(34)17-23(18-31(32)36-30)22-10-6-5-7-11-22)20-26(21)29-19-25(14-15-35(29)4)33(2,3)24-12-8-9-13-24/h5-7,10-11,14-20,24H,4,8-9,12-13H2,1-3H3. The molecule has 0 saturated heterocycles. The number of benzene rings is 3. The molecule has 1 aromatic heterocycles. The van der Waals surface area contributed by atoms with Crippen LogP contribution in [-0.2, 0) is 0 Å². The Kier molecular flexibility index (Phi) is 5.40. The van der Waals surface area contributed by atoms with Crippen LogP contribution >= 0.6 is 0 Å². The normalized spacial score (nSPS) is 16.9. The van der Waals surface area contributed by atoms with Crippen LogP contribution in [0.25, 0.3) is 33.1 Å². The highest BCUT2D eigenvalue weighted by Crippen LogP contribution is 2.47. The number of aryl methyl sites for hydroxylation is 1. The number of hydrogen-bond acceptors (Lipinski definition) is 0. The van der Waals surface area contributed by atoms with E-state index in [1.165, 1.54) is 31.3 Å². The van der Waals surface area contributed by atoms with Crippen molar-refractivity contribution in [1.29, 1.82) is 0 Å². The van der Waals surface area contributed by atoms with E-state index in [0.717, 1.165) is 33.7 Å². The summed E-state index contributed by atoms with van der Waals surface area (Å²) in [5.41, 5.74) is 6.62. The molecule has 4 aromatic rings. The summed E-state index contributed by atoms with van der Waals surface area (Å²) in [4.78, 5) is 0. The SMILES string of the molecule is C=[N+]1C=CC(C(C)(C)C2CCCC2)=C[C-]1c1cc2c(cc1C)[o+][c-]1cc(-c3ccccc3)cc(F)c21. The molecule has 0 amide bonds. The van der Waals surface area contributed by atoms with E-state index in [0.29, 0.717) is 22.5 Å². The number of halogens is 1. The fourth-order valence-corrected chi connectivity index (χ4v) is 6.12. The second-order valence-electron chi connectivity index (χ2n) is 10.9. The van der Waals surface area contributed by atoms with Crippen molar-refractivity contribution in [3.8, 4) is 11.1 Å². The summed E-state index contributed by atoms with van der Waals surface area (Å²) < 4.78 is 23.6. The summed E-state index contributed by atoms with van der Waals surface area (Å²) in [6, 6.07) is 18.5. The van der Waals surface area contributed by atoms with Gasteiger partial charge < -0.3 is 0 Å². The Hall–Kier alpha value is -3.59. The summed E-state index contributed by atoms with van der Waals surface area (Å²) in [7, 11) is 0. The average Bonchev–Trinajstić information content (AvgIpc) is 3.53. The summed E-state index contributed by atoms with van der Waals surface area (Å²) in [6.45, 7) is 11.1. The van der Waals surface area contributed by atoms with Gasteiger partial charge in [-0.05, 0) is 40.5 Å². The van der Waals surface area contributed by atoms with Gasteiger partial charge in [0.2, 0.25) is 0 Å². The van der Waals surface area contributed by atoms with Crippen molar-refractivity contribution < 1.29 is 13.4 Å². The van der Waals surface area contributed by atoms with Crippen LogP contribution in [0.15, 0.2) is 82.9 Å². The van der Waals surface area contributed by atoms with E-state index in [1.807, 2.05) is 47.0 Å². The summed E-state index contributed by atoms with van der Waals surface area (Å²) in [6.07, 6.45) is 11.8. The van der Waals surface area contributed by atoms with Crippen LogP contribution in [0.3, 0.4) is 0 Å². The molecule has 2 heterocycles. The predicted octanol–water partition coefficient (Wildman–Crippen LogP) is 8.96. The molecule has 3 heteroatoms. The van der Waals surface area contributed by atoms with Gasteiger partial charge in [-0.1, -0.05) is 111 Å². The van der Waals surface area contributed by atoms with Gasteiger partial charge in [0, 0.05) is 5.39 Å². The van der Waals surface area contributed by atoms with Crippen molar-refractivity contribution in [2.24, 2.45) is 11.3 Å². The molecule has 0 spiro atoms. The maximum Gasteiger partial charge on any atom is 0.281 e. The number of nitrogens with zero attached hydrogens (tertiary/aromatic N) is 1. The molecule has 1 aliphatic carbocycles. The van der Waals surface area contributed by atoms with Crippen LogP contribution in [0.4, 0.5) is 4.39 Å². The molecule has 1 aliphatic heterocycles. The van der Waals surface area contributed by atoms with Crippen LogP contribution in [0, 0.1) is 30.1 Å². The Morgan fingerprint density at radius 3 is 2.56 bits per heavy atom. The Balaban J connectivity index is 1.46. The van der Waals surface area contributed by atoms with Gasteiger partial charge in [0.05, 0.1) is 12.5 Å². The third-order valence-electron chi connectivity index (χ3n) is 8.41. The number of allylic oxidation sites excluding steroid dienone is 2. The second kappa shape index (κ2) is 8.51. The zero-order valence-electron chi connectivity index (χ0n) is 21.3. The zero-order valence-corrected chi connectivity index (χ0v) is 21.3. The van der Waals surface area contributed by atoms with Crippen LogP contribution in [0.5, 0.6) is 0 Å². The maximum atomic E-state index is 15.5. The van der Waals surface area contributed by atoms with Crippen LogP contribution in [-0.4, -0.2) is 11.3 Å². The molecule has 3 aromatic carbocycles. The molecule has 0 bridgehead atoms. The van der Waals surface area contributed by atoms with E-state index in [-0.39, 0.29) is 11.2 Å². The number of rotatable bonds is 4. The molecule has 36 heavy (non-hydrogen) atoms. The van der Waals surface area contributed by atoms with Crippen molar-refractivity contribution in [2.75, 3.05) is 0 Å². The monoisotopic (exact) mass is 477 g/mol. The Morgan fingerprint density at radius 2 is 1.81 bits per heavy atom. The van der Waals surface area contributed by atoms with Gasteiger partial charge in [-0.25, -0.2) is 0 Å². The molecular weight excluding hydrogens is 445 g/mol. The summed E-state index contributed by atoms with van der Waals surface area (Å²) in [5.74, 6) is 0.429. The maximum absolute atomic E-state index is 15.5. The Morgan fingerprint density at radius 1 is 1.06 bits per heavy atom. The topological polar surface area (TPSA) is 14.3 Å². The lowest BCUT2D eigenvalue weighted by Crippen LogP contribution is -2.27. The lowest BCUT2D eigenvalue weighted by Gasteiger charge is -2.37. The minimum absolute atomic E-state index is 0.0970. The largest absolute Gasteiger partial charge is 0.287 e. The number of hydrogen-bond donors (Lipinski definition) is 0. The lowest BCUT2D eigenvalue weighted by atomic mass is 9.70.